The number of nitrogens with one attached hydrogen (secondary N) is 1. The molecule has 29 heavy (non-hydrogen) atoms. The van der Waals surface area contributed by atoms with Crippen molar-refractivity contribution in [1.29, 1.82) is 10.5 Å². The minimum absolute atomic E-state index is 0.0665. The molecule has 148 valence electrons. The molecule has 0 spiro atoms. The minimum Gasteiger partial charge on any atom is -0.441 e. The number of nitrogens with zero attached hydrogens (tertiary/aromatic N) is 3. The Morgan fingerprint density at radius 2 is 2.00 bits per heavy atom. The number of ether oxygens (including phenoxy) is 1. The van der Waals surface area contributed by atoms with Crippen molar-refractivity contribution < 1.29 is 13.9 Å². The summed E-state index contributed by atoms with van der Waals surface area (Å²) < 4.78 is 11.1. The molecule has 3 heterocycles. The van der Waals surface area contributed by atoms with Gasteiger partial charge in [-0.15, -0.1) is 11.3 Å². The Hall–Kier alpha value is -3.07. The van der Waals surface area contributed by atoms with E-state index < -0.39 is 5.91 Å². The van der Waals surface area contributed by atoms with Crippen LogP contribution in [0.25, 0.3) is 6.08 Å². The third-order valence-corrected chi connectivity index (χ3v) is 6.30. The molecule has 0 atom stereocenters. The molecule has 1 amide bonds. The minimum atomic E-state index is -0.535. The van der Waals surface area contributed by atoms with Gasteiger partial charge in [0.1, 0.15) is 28.5 Å². The number of hydrogen-bond acceptors (Lipinski definition) is 7. The lowest BCUT2D eigenvalue weighted by Crippen LogP contribution is -2.35. The maximum absolute atomic E-state index is 12.7. The summed E-state index contributed by atoms with van der Waals surface area (Å²) in [5.74, 6) is 0.589. The first-order chi connectivity index (χ1) is 14.2. The van der Waals surface area contributed by atoms with Gasteiger partial charge in [0.25, 0.3) is 5.91 Å². The summed E-state index contributed by atoms with van der Waals surface area (Å²) >= 11 is 1.44. The maximum atomic E-state index is 12.7. The van der Waals surface area contributed by atoms with Gasteiger partial charge in [-0.3, -0.25) is 4.79 Å². The Labute approximate surface area is 172 Å². The number of nitriles is 2. The first-order valence-electron chi connectivity index (χ1n) is 9.60. The highest BCUT2D eigenvalue weighted by Gasteiger charge is 2.23. The highest BCUT2D eigenvalue weighted by atomic mass is 32.1. The molecule has 0 saturated carbocycles. The van der Waals surface area contributed by atoms with Crippen LogP contribution in [0.3, 0.4) is 0 Å². The van der Waals surface area contributed by atoms with Crippen molar-refractivity contribution in [3.8, 4) is 12.1 Å². The summed E-state index contributed by atoms with van der Waals surface area (Å²) in [5.41, 5.74) is 1.51. The number of hydrogen-bond donors (Lipinski definition) is 1. The maximum Gasteiger partial charge on any atom is 0.267 e. The zero-order valence-electron chi connectivity index (χ0n) is 15.9. The first-order valence-corrected chi connectivity index (χ1v) is 10.4. The fraction of sp³-hybridized carbons (Fsp3) is 0.381. The predicted molar refractivity (Wildman–Crippen MR) is 110 cm³/mol. The summed E-state index contributed by atoms with van der Waals surface area (Å²) in [7, 11) is 0. The van der Waals surface area contributed by atoms with Crippen molar-refractivity contribution in [2.75, 3.05) is 36.5 Å². The molecule has 1 N–H and O–H groups in total. The van der Waals surface area contributed by atoms with Crippen LogP contribution in [0.15, 0.2) is 22.1 Å². The average Bonchev–Trinajstić information content (AvgIpc) is 3.36. The van der Waals surface area contributed by atoms with E-state index >= 15 is 0 Å². The topological polar surface area (TPSA) is 102 Å². The average molecular weight is 408 g/mol. The molecular weight excluding hydrogens is 388 g/mol. The molecule has 2 aromatic heterocycles. The second kappa shape index (κ2) is 8.52. The highest BCUT2D eigenvalue weighted by molar-refractivity contribution is 7.16. The molecule has 1 fully saturated rings. The van der Waals surface area contributed by atoms with Crippen LogP contribution in [0.5, 0.6) is 0 Å². The lowest BCUT2D eigenvalue weighted by atomic mass is 9.96. The molecule has 0 unspecified atom stereocenters. The summed E-state index contributed by atoms with van der Waals surface area (Å²) in [6.07, 6.45) is 5.38. The molecule has 1 aliphatic carbocycles. The number of carbonyl (C=O) groups is 1. The van der Waals surface area contributed by atoms with Crippen LogP contribution in [0.2, 0.25) is 0 Å². The second-order valence-electron chi connectivity index (χ2n) is 6.93. The number of morpholine rings is 1. The molecule has 0 bridgehead atoms. The molecule has 0 radical (unpaired) electrons. The monoisotopic (exact) mass is 408 g/mol. The summed E-state index contributed by atoms with van der Waals surface area (Å²) in [6, 6.07) is 7.71. The lowest BCUT2D eigenvalue weighted by Gasteiger charge is -2.26. The number of rotatable bonds is 4. The van der Waals surface area contributed by atoms with E-state index in [0.29, 0.717) is 35.4 Å². The van der Waals surface area contributed by atoms with E-state index in [1.54, 1.807) is 6.07 Å². The SMILES string of the molecule is N#C/C(=C\c1ccc(N2CCOCC2)o1)C(=O)Nc1sc2c(c1C#N)CCCC2. The van der Waals surface area contributed by atoms with Gasteiger partial charge in [-0.05, 0) is 37.3 Å². The van der Waals surface area contributed by atoms with Gasteiger partial charge in [-0.25, -0.2) is 0 Å². The van der Waals surface area contributed by atoms with Crippen molar-refractivity contribution in [3.63, 3.8) is 0 Å². The number of aryl methyl sites for hydroxylation is 1. The molecule has 8 heteroatoms. The second-order valence-corrected chi connectivity index (χ2v) is 8.03. The van der Waals surface area contributed by atoms with E-state index in [9.17, 15) is 15.3 Å². The zero-order valence-corrected chi connectivity index (χ0v) is 16.7. The van der Waals surface area contributed by atoms with E-state index in [-0.39, 0.29) is 5.57 Å². The molecule has 2 aliphatic rings. The van der Waals surface area contributed by atoms with Gasteiger partial charge in [0.2, 0.25) is 0 Å². The highest BCUT2D eigenvalue weighted by Crippen LogP contribution is 2.37. The van der Waals surface area contributed by atoms with Gasteiger partial charge >= 0.3 is 0 Å². The number of anilines is 2. The van der Waals surface area contributed by atoms with E-state index in [2.05, 4.69) is 16.3 Å². The number of amides is 1. The molecule has 1 aliphatic heterocycles. The van der Waals surface area contributed by atoms with Crippen LogP contribution in [0, 0.1) is 22.7 Å². The number of furan rings is 1. The summed E-state index contributed by atoms with van der Waals surface area (Å²) in [4.78, 5) is 15.9. The Kier molecular flexibility index (Phi) is 5.66. The molecule has 2 aromatic rings. The van der Waals surface area contributed by atoms with Crippen molar-refractivity contribution >= 4 is 34.2 Å². The lowest BCUT2D eigenvalue weighted by molar-refractivity contribution is -0.112. The standard InChI is InChI=1S/C21H20N4O3S/c22-12-14(11-15-5-6-19(28-15)25-7-9-27-10-8-25)20(26)24-21-17(13-23)16-3-1-2-4-18(16)29-21/h5-6,11H,1-4,7-10H2,(H,24,26)/b14-11+. The van der Waals surface area contributed by atoms with Crippen LogP contribution < -0.4 is 10.2 Å². The fourth-order valence-corrected chi connectivity index (χ4v) is 4.84. The van der Waals surface area contributed by atoms with E-state index in [1.807, 2.05) is 12.1 Å². The Balaban J connectivity index is 1.52. The summed E-state index contributed by atoms with van der Waals surface area (Å²) in [5, 5.41) is 22.3. The Bertz CT molecular complexity index is 1030. The van der Waals surface area contributed by atoms with Crippen molar-refractivity contribution in [1.82, 2.24) is 0 Å². The van der Waals surface area contributed by atoms with Crippen LogP contribution in [-0.4, -0.2) is 32.2 Å². The zero-order chi connectivity index (χ0) is 20.2. The van der Waals surface area contributed by atoms with Gasteiger partial charge < -0.3 is 19.4 Å². The van der Waals surface area contributed by atoms with Crippen molar-refractivity contribution in [2.24, 2.45) is 0 Å². The van der Waals surface area contributed by atoms with E-state index in [0.717, 1.165) is 49.2 Å². The molecule has 1 saturated heterocycles. The number of fused-ring (bicyclic) bond motifs is 1. The van der Waals surface area contributed by atoms with Gasteiger partial charge in [-0.2, -0.15) is 10.5 Å². The van der Waals surface area contributed by atoms with E-state index in [1.165, 1.54) is 17.4 Å². The number of thiophene rings is 1. The largest absolute Gasteiger partial charge is 0.441 e. The van der Waals surface area contributed by atoms with Gasteiger partial charge in [-0.1, -0.05) is 0 Å². The van der Waals surface area contributed by atoms with Gasteiger partial charge in [0.05, 0.1) is 18.8 Å². The van der Waals surface area contributed by atoms with Crippen LogP contribution in [0.4, 0.5) is 10.9 Å². The Morgan fingerprint density at radius 1 is 1.21 bits per heavy atom. The van der Waals surface area contributed by atoms with Crippen molar-refractivity contribution in [2.45, 2.75) is 25.7 Å². The normalized spacial score (nSPS) is 16.6. The van der Waals surface area contributed by atoms with Crippen LogP contribution >= 0.6 is 11.3 Å². The quantitative estimate of drug-likeness (QED) is 0.614. The van der Waals surface area contributed by atoms with Gasteiger partial charge in [0.15, 0.2) is 5.88 Å². The first kappa shape index (κ1) is 19.3. The van der Waals surface area contributed by atoms with Crippen molar-refractivity contribution in [3.05, 3.63) is 39.5 Å². The molecule has 4 rings (SSSR count). The Morgan fingerprint density at radius 3 is 2.76 bits per heavy atom. The van der Waals surface area contributed by atoms with Gasteiger partial charge in [0, 0.05) is 30.1 Å². The van der Waals surface area contributed by atoms with Crippen LogP contribution in [0.1, 0.15) is 34.6 Å². The third kappa shape index (κ3) is 4.04. The number of carbonyl (C=O) groups excluding carboxylic acids is 1. The molecule has 7 nitrogen and oxygen atoms in total. The van der Waals surface area contributed by atoms with E-state index in [4.69, 9.17) is 9.15 Å². The molecular formula is C21H20N4O3S. The third-order valence-electron chi connectivity index (χ3n) is 5.10. The predicted octanol–water partition coefficient (Wildman–Crippen LogP) is 3.47. The fourth-order valence-electron chi connectivity index (χ4n) is 3.61. The molecule has 0 aromatic carbocycles. The van der Waals surface area contributed by atoms with Crippen LogP contribution in [-0.2, 0) is 22.4 Å². The smallest absolute Gasteiger partial charge is 0.267 e. The summed E-state index contributed by atoms with van der Waals surface area (Å²) in [6.45, 7) is 2.76.